The van der Waals surface area contributed by atoms with Gasteiger partial charge in [0.05, 0.1) is 30.2 Å². The van der Waals surface area contributed by atoms with E-state index in [0.717, 1.165) is 39.3 Å². The minimum Gasteiger partial charge on any atom is -0.503 e. The van der Waals surface area contributed by atoms with E-state index in [2.05, 4.69) is 0 Å². The molecule has 0 radical (unpaired) electrons. The van der Waals surface area contributed by atoms with Gasteiger partial charge in [-0.1, -0.05) is 6.07 Å². The molecule has 2 aliphatic rings. The van der Waals surface area contributed by atoms with Gasteiger partial charge >= 0.3 is 0 Å². The number of carbonyl (C=O) groups excluding carboxylic acids is 2. The molecule has 2 aromatic rings. The normalized spacial score (nSPS) is 20.7. The molecule has 1 amide bonds. The van der Waals surface area contributed by atoms with Gasteiger partial charge in [-0.05, 0) is 30.5 Å². The number of hydrogen-bond donors (Lipinski definition) is 2. The summed E-state index contributed by atoms with van der Waals surface area (Å²) in [6.45, 7) is 6.60. The first-order valence-electron chi connectivity index (χ1n) is 9.86. The first-order chi connectivity index (χ1) is 14.1. The molecule has 1 saturated heterocycles. The first kappa shape index (κ1) is 19.9. The first-order valence-corrected chi connectivity index (χ1v) is 10.7. The van der Waals surface area contributed by atoms with Crippen molar-refractivity contribution < 1.29 is 28.7 Å². The van der Waals surface area contributed by atoms with Crippen molar-refractivity contribution in [1.82, 2.24) is 4.90 Å². The summed E-state index contributed by atoms with van der Waals surface area (Å²) in [5.74, 6) is -0.119. The Morgan fingerprint density at radius 2 is 2.10 bits per heavy atom. The van der Waals surface area contributed by atoms with Crippen molar-refractivity contribution in [3.63, 3.8) is 0 Å². The number of quaternary nitrogens is 1. The van der Waals surface area contributed by atoms with Crippen LogP contribution in [0.5, 0.6) is 0 Å². The van der Waals surface area contributed by atoms with Gasteiger partial charge in [-0.25, -0.2) is 0 Å². The Hall–Kier alpha value is -2.42. The molecule has 154 valence electrons. The lowest BCUT2D eigenvalue weighted by Crippen LogP contribution is -3.14. The van der Waals surface area contributed by atoms with E-state index in [1.165, 1.54) is 16.2 Å². The third-order valence-electron chi connectivity index (χ3n) is 5.45. The van der Waals surface area contributed by atoms with E-state index in [4.69, 9.17) is 9.15 Å². The zero-order chi connectivity index (χ0) is 20.4. The Labute approximate surface area is 173 Å². The molecule has 0 unspecified atom stereocenters. The van der Waals surface area contributed by atoms with Crippen LogP contribution < -0.4 is 4.90 Å². The van der Waals surface area contributed by atoms with Crippen LogP contribution in [-0.2, 0) is 9.53 Å². The van der Waals surface area contributed by atoms with E-state index in [0.29, 0.717) is 22.9 Å². The number of ether oxygens (including phenoxy) is 1. The molecule has 8 heteroatoms. The number of carbonyl (C=O) groups is 2. The zero-order valence-corrected chi connectivity index (χ0v) is 17.2. The van der Waals surface area contributed by atoms with E-state index in [1.807, 2.05) is 6.92 Å². The van der Waals surface area contributed by atoms with E-state index in [9.17, 15) is 14.7 Å². The van der Waals surface area contributed by atoms with E-state index in [1.54, 1.807) is 34.5 Å². The standard InChI is InChI=1S/C21H24N2O5S/c1-14-5-6-15(28-14)18-17(19(24)16-4-2-13-29-16)20(25)21(26)23(18)8-3-7-22-9-11-27-12-10-22/h2,4-6,13,18,25H,3,7-12H2,1H3/p+1/t18-/m1/s1. The monoisotopic (exact) mass is 417 g/mol. The van der Waals surface area contributed by atoms with Crippen LogP contribution >= 0.6 is 11.3 Å². The Balaban J connectivity index is 1.57. The number of amides is 1. The number of aliphatic hydroxyl groups excluding tert-OH is 1. The fourth-order valence-electron chi connectivity index (χ4n) is 3.96. The third kappa shape index (κ3) is 4.01. The molecule has 1 fully saturated rings. The van der Waals surface area contributed by atoms with Crippen LogP contribution in [0.25, 0.3) is 0 Å². The lowest BCUT2D eigenvalue weighted by Gasteiger charge is -2.27. The highest BCUT2D eigenvalue weighted by Gasteiger charge is 2.45. The Morgan fingerprint density at radius 3 is 2.76 bits per heavy atom. The fraction of sp³-hybridized carbons (Fsp3) is 0.429. The molecule has 0 bridgehead atoms. The highest BCUT2D eigenvalue weighted by Crippen LogP contribution is 2.40. The average molecular weight is 418 g/mol. The fourth-order valence-corrected chi connectivity index (χ4v) is 4.64. The second-order valence-electron chi connectivity index (χ2n) is 7.38. The van der Waals surface area contributed by atoms with Crippen molar-refractivity contribution in [2.24, 2.45) is 0 Å². The number of aliphatic hydroxyl groups is 1. The quantitative estimate of drug-likeness (QED) is 0.668. The molecule has 2 N–H and O–H groups in total. The molecule has 2 aliphatic heterocycles. The maximum atomic E-state index is 13.1. The van der Waals surface area contributed by atoms with Crippen LogP contribution in [0.15, 0.2) is 45.4 Å². The number of furan rings is 1. The molecule has 29 heavy (non-hydrogen) atoms. The van der Waals surface area contributed by atoms with Gasteiger partial charge in [0.25, 0.3) is 5.91 Å². The van der Waals surface area contributed by atoms with Gasteiger partial charge in [-0.15, -0.1) is 11.3 Å². The Bertz CT molecular complexity index is 911. The number of thiophene rings is 1. The molecule has 0 aliphatic carbocycles. The number of nitrogens with zero attached hydrogens (tertiary/aromatic N) is 1. The molecule has 1 atom stereocenters. The number of hydrogen-bond acceptors (Lipinski definition) is 6. The van der Waals surface area contributed by atoms with Gasteiger partial charge in [0.15, 0.2) is 5.76 Å². The minimum absolute atomic E-state index is 0.102. The molecular weight excluding hydrogens is 392 g/mol. The van der Waals surface area contributed by atoms with Crippen molar-refractivity contribution in [2.45, 2.75) is 19.4 Å². The van der Waals surface area contributed by atoms with Gasteiger partial charge in [-0.3, -0.25) is 9.59 Å². The second-order valence-corrected chi connectivity index (χ2v) is 8.33. The summed E-state index contributed by atoms with van der Waals surface area (Å²) in [5.41, 5.74) is 0.102. The van der Waals surface area contributed by atoms with Gasteiger partial charge in [0.1, 0.15) is 30.7 Å². The maximum absolute atomic E-state index is 13.1. The van der Waals surface area contributed by atoms with Gasteiger partial charge in [0, 0.05) is 13.0 Å². The summed E-state index contributed by atoms with van der Waals surface area (Å²) < 4.78 is 11.2. The summed E-state index contributed by atoms with van der Waals surface area (Å²) in [6.07, 6.45) is 0.769. The second kappa shape index (κ2) is 8.52. The average Bonchev–Trinajstić information content (AvgIpc) is 3.45. The molecule has 0 saturated carbocycles. The molecule has 4 heterocycles. The number of aryl methyl sites for hydroxylation is 1. The Morgan fingerprint density at radius 1 is 1.31 bits per heavy atom. The summed E-state index contributed by atoms with van der Waals surface area (Å²) >= 11 is 1.29. The number of rotatable bonds is 7. The smallest absolute Gasteiger partial charge is 0.290 e. The molecule has 0 aromatic carbocycles. The summed E-state index contributed by atoms with van der Waals surface area (Å²) in [7, 11) is 0. The minimum atomic E-state index is -0.703. The predicted molar refractivity (Wildman–Crippen MR) is 107 cm³/mol. The topological polar surface area (TPSA) is 84.4 Å². The number of ketones is 1. The van der Waals surface area contributed by atoms with Crippen molar-refractivity contribution in [3.05, 3.63) is 57.4 Å². The van der Waals surface area contributed by atoms with Crippen molar-refractivity contribution in [3.8, 4) is 0 Å². The molecule has 2 aromatic heterocycles. The largest absolute Gasteiger partial charge is 0.503 e. The zero-order valence-electron chi connectivity index (χ0n) is 16.3. The summed E-state index contributed by atoms with van der Waals surface area (Å²) in [6, 6.07) is 6.35. The van der Waals surface area contributed by atoms with Crippen molar-refractivity contribution in [1.29, 1.82) is 0 Å². The van der Waals surface area contributed by atoms with Crippen LogP contribution in [0.1, 0.15) is 33.7 Å². The third-order valence-corrected chi connectivity index (χ3v) is 6.32. The van der Waals surface area contributed by atoms with Crippen LogP contribution in [0.4, 0.5) is 0 Å². The van der Waals surface area contributed by atoms with Crippen LogP contribution in [0.3, 0.4) is 0 Å². The lowest BCUT2D eigenvalue weighted by atomic mass is 10.00. The van der Waals surface area contributed by atoms with Crippen LogP contribution in [-0.4, -0.2) is 61.1 Å². The lowest BCUT2D eigenvalue weighted by molar-refractivity contribution is -0.908. The van der Waals surface area contributed by atoms with E-state index >= 15 is 0 Å². The SMILES string of the molecule is Cc1ccc([C@@H]2C(C(=O)c3cccs3)=C(O)C(=O)N2CCC[NH+]2CCOCC2)o1. The maximum Gasteiger partial charge on any atom is 0.290 e. The Kier molecular flexibility index (Phi) is 5.84. The van der Waals surface area contributed by atoms with Crippen LogP contribution in [0.2, 0.25) is 0 Å². The highest BCUT2D eigenvalue weighted by atomic mass is 32.1. The number of nitrogens with one attached hydrogen (secondary N) is 1. The predicted octanol–water partition coefficient (Wildman–Crippen LogP) is 1.53. The number of Topliss-reactive ketones (excluding diaryl/α,β-unsaturated/α-hetero) is 1. The summed E-state index contributed by atoms with van der Waals surface area (Å²) in [5, 5.41) is 12.4. The van der Waals surface area contributed by atoms with Crippen molar-refractivity contribution >= 4 is 23.0 Å². The van der Waals surface area contributed by atoms with E-state index < -0.39 is 17.7 Å². The molecule has 7 nitrogen and oxygen atoms in total. The van der Waals surface area contributed by atoms with Gasteiger partial charge < -0.3 is 24.1 Å². The van der Waals surface area contributed by atoms with Crippen molar-refractivity contribution in [2.75, 3.05) is 39.4 Å². The molecule has 4 rings (SSSR count). The van der Waals surface area contributed by atoms with Gasteiger partial charge in [0.2, 0.25) is 5.78 Å². The van der Waals surface area contributed by atoms with E-state index in [-0.39, 0.29) is 11.4 Å². The highest BCUT2D eigenvalue weighted by molar-refractivity contribution is 7.12. The summed E-state index contributed by atoms with van der Waals surface area (Å²) in [4.78, 5) is 29.4. The van der Waals surface area contributed by atoms with Crippen LogP contribution in [0, 0.1) is 6.92 Å². The molecule has 0 spiro atoms. The van der Waals surface area contributed by atoms with Gasteiger partial charge in [-0.2, -0.15) is 0 Å². The molecular formula is C21H25N2O5S+. The number of morpholine rings is 1.